The average molecular weight is 385 g/mol. The van der Waals surface area contributed by atoms with Crippen molar-refractivity contribution in [3.05, 3.63) is 54.0 Å². The fourth-order valence-corrected chi connectivity index (χ4v) is 3.26. The summed E-state index contributed by atoms with van der Waals surface area (Å²) >= 11 is 0. The van der Waals surface area contributed by atoms with Crippen molar-refractivity contribution in [2.45, 2.75) is 32.9 Å². The Labute approximate surface area is 165 Å². The van der Waals surface area contributed by atoms with E-state index in [9.17, 15) is 9.59 Å². The van der Waals surface area contributed by atoms with Gasteiger partial charge in [0.2, 0.25) is 5.91 Å². The number of nitrogens with zero attached hydrogens (tertiary/aromatic N) is 1. The minimum Gasteiger partial charge on any atom is -0.497 e. The number of likely N-dealkylation sites (tertiary alicyclic amines) is 1. The second-order valence-electron chi connectivity index (χ2n) is 7.32. The first kappa shape index (κ1) is 19.8. The lowest BCUT2D eigenvalue weighted by molar-refractivity contribution is -0.132. The third-order valence-corrected chi connectivity index (χ3v) is 5.31. The molecule has 0 unspecified atom stereocenters. The van der Waals surface area contributed by atoms with Crippen LogP contribution in [0.15, 0.2) is 47.1 Å². The zero-order chi connectivity index (χ0) is 20.0. The highest BCUT2D eigenvalue weighted by Gasteiger charge is 2.37. The Morgan fingerprint density at radius 1 is 1.11 bits per heavy atom. The van der Waals surface area contributed by atoms with Crippen LogP contribution in [0.4, 0.5) is 4.79 Å². The van der Waals surface area contributed by atoms with Crippen molar-refractivity contribution in [2.24, 2.45) is 5.41 Å². The molecule has 1 aromatic heterocycles. The number of benzene rings is 1. The van der Waals surface area contributed by atoms with Crippen LogP contribution in [-0.2, 0) is 17.9 Å². The van der Waals surface area contributed by atoms with Crippen molar-refractivity contribution in [1.82, 2.24) is 15.5 Å². The second kappa shape index (κ2) is 8.82. The molecule has 150 valence electrons. The number of urea groups is 1. The summed E-state index contributed by atoms with van der Waals surface area (Å²) in [5.41, 5.74) is 0.553. The van der Waals surface area contributed by atoms with Crippen LogP contribution >= 0.6 is 0 Å². The van der Waals surface area contributed by atoms with E-state index in [1.54, 1.807) is 24.3 Å². The van der Waals surface area contributed by atoms with Gasteiger partial charge >= 0.3 is 6.03 Å². The first-order valence-electron chi connectivity index (χ1n) is 9.46. The van der Waals surface area contributed by atoms with E-state index in [2.05, 4.69) is 10.6 Å². The van der Waals surface area contributed by atoms with Gasteiger partial charge < -0.3 is 24.7 Å². The van der Waals surface area contributed by atoms with E-state index in [4.69, 9.17) is 9.15 Å². The van der Waals surface area contributed by atoms with E-state index in [0.717, 1.165) is 11.3 Å². The van der Waals surface area contributed by atoms with Gasteiger partial charge in [0.05, 0.1) is 19.9 Å². The maximum atomic E-state index is 12.7. The Kier molecular flexibility index (Phi) is 6.23. The smallest absolute Gasteiger partial charge is 0.317 e. The molecule has 1 saturated heterocycles. The van der Waals surface area contributed by atoms with Crippen LogP contribution in [0.1, 0.15) is 31.1 Å². The summed E-state index contributed by atoms with van der Waals surface area (Å²) in [6, 6.07) is 11.1. The van der Waals surface area contributed by atoms with Crippen LogP contribution in [0.2, 0.25) is 0 Å². The lowest BCUT2D eigenvalue weighted by Crippen LogP contribution is -2.50. The quantitative estimate of drug-likeness (QED) is 0.801. The molecular formula is C21H27N3O4. The van der Waals surface area contributed by atoms with Crippen LogP contribution in [0.3, 0.4) is 0 Å². The Morgan fingerprint density at radius 3 is 2.43 bits per heavy atom. The van der Waals surface area contributed by atoms with Crippen LogP contribution in [0.25, 0.3) is 0 Å². The maximum Gasteiger partial charge on any atom is 0.317 e. The molecule has 0 radical (unpaired) electrons. The molecule has 0 bridgehead atoms. The van der Waals surface area contributed by atoms with Gasteiger partial charge in [-0.05, 0) is 42.7 Å². The lowest BCUT2D eigenvalue weighted by Gasteiger charge is -2.38. The van der Waals surface area contributed by atoms with E-state index in [1.165, 1.54) is 0 Å². The summed E-state index contributed by atoms with van der Waals surface area (Å²) in [5, 5.41) is 5.87. The molecule has 7 nitrogen and oxygen atoms in total. The number of amides is 3. The average Bonchev–Trinajstić information content (AvgIpc) is 3.25. The number of hydrogen-bond acceptors (Lipinski definition) is 4. The summed E-state index contributed by atoms with van der Waals surface area (Å²) < 4.78 is 10.4. The summed E-state index contributed by atoms with van der Waals surface area (Å²) in [4.78, 5) is 26.8. The minimum atomic E-state index is -0.468. The number of carbonyl (C=O) groups excluding carboxylic acids is 2. The van der Waals surface area contributed by atoms with Gasteiger partial charge in [-0.3, -0.25) is 4.79 Å². The van der Waals surface area contributed by atoms with Gasteiger partial charge in [0.1, 0.15) is 11.5 Å². The number of hydrogen-bond donors (Lipinski definition) is 2. The SMILES string of the molecule is COc1ccc(CNC(=O)C2(C)CCN(C(=O)NCc3ccco3)CC2)cc1. The number of nitrogens with one attached hydrogen (secondary N) is 2. The van der Waals surface area contributed by atoms with E-state index in [-0.39, 0.29) is 11.9 Å². The third-order valence-electron chi connectivity index (χ3n) is 5.31. The fraction of sp³-hybridized carbons (Fsp3) is 0.429. The molecule has 1 aliphatic rings. The third kappa shape index (κ3) is 4.85. The van der Waals surface area contributed by atoms with Crippen LogP contribution in [-0.4, -0.2) is 37.0 Å². The van der Waals surface area contributed by atoms with Crippen LogP contribution in [0.5, 0.6) is 5.75 Å². The van der Waals surface area contributed by atoms with Crippen molar-refractivity contribution in [3.63, 3.8) is 0 Å². The van der Waals surface area contributed by atoms with Gasteiger partial charge in [0.15, 0.2) is 0 Å². The standard InChI is InChI=1S/C21H27N3O4/c1-21(19(25)22-14-16-5-7-17(27-2)8-6-16)9-11-24(12-10-21)20(26)23-15-18-4-3-13-28-18/h3-8,13H,9-12,14-15H2,1-2H3,(H,22,25)(H,23,26). The van der Waals surface area contributed by atoms with Gasteiger partial charge in [0, 0.05) is 25.0 Å². The second-order valence-corrected chi connectivity index (χ2v) is 7.32. The first-order valence-corrected chi connectivity index (χ1v) is 9.46. The van der Waals surface area contributed by atoms with Crippen molar-refractivity contribution in [1.29, 1.82) is 0 Å². The zero-order valence-electron chi connectivity index (χ0n) is 16.4. The Bertz CT molecular complexity index is 778. The highest BCUT2D eigenvalue weighted by molar-refractivity contribution is 5.83. The van der Waals surface area contributed by atoms with E-state index in [1.807, 2.05) is 37.3 Å². The van der Waals surface area contributed by atoms with E-state index >= 15 is 0 Å². The van der Waals surface area contributed by atoms with Crippen molar-refractivity contribution in [3.8, 4) is 5.75 Å². The molecule has 1 fully saturated rings. The van der Waals surface area contributed by atoms with Gasteiger partial charge in [-0.1, -0.05) is 19.1 Å². The van der Waals surface area contributed by atoms with E-state index < -0.39 is 5.41 Å². The molecule has 0 aliphatic carbocycles. The Morgan fingerprint density at radius 2 is 1.82 bits per heavy atom. The van der Waals surface area contributed by atoms with Crippen LogP contribution in [0, 0.1) is 5.41 Å². The van der Waals surface area contributed by atoms with Crippen molar-refractivity contribution in [2.75, 3.05) is 20.2 Å². The topological polar surface area (TPSA) is 83.8 Å². The molecule has 7 heteroatoms. The molecule has 1 aliphatic heterocycles. The lowest BCUT2D eigenvalue weighted by atomic mass is 9.79. The predicted molar refractivity (Wildman–Crippen MR) is 105 cm³/mol. The molecule has 0 spiro atoms. The summed E-state index contributed by atoms with van der Waals surface area (Å²) in [7, 11) is 1.63. The molecule has 2 heterocycles. The Balaban J connectivity index is 1.44. The minimum absolute atomic E-state index is 0.0268. The molecule has 2 aromatic rings. The molecule has 0 atom stereocenters. The zero-order valence-corrected chi connectivity index (χ0v) is 16.4. The molecule has 28 heavy (non-hydrogen) atoms. The number of methoxy groups -OCH3 is 1. The van der Waals surface area contributed by atoms with Crippen molar-refractivity contribution >= 4 is 11.9 Å². The maximum absolute atomic E-state index is 12.7. The largest absolute Gasteiger partial charge is 0.497 e. The number of rotatable bonds is 6. The molecule has 3 rings (SSSR count). The van der Waals surface area contributed by atoms with E-state index in [0.29, 0.717) is 44.8 Å². The molecule has 2 N–H and O–H groups in total. The Hall–Kier alpha value is -2.96. The molecular weight excluding hydrogens is 358 g/mol. The number of ether oxygens (including phenoxy) is 1. The number of piperidine rings is 1. The fourth-order valence-electron chi connectivity index (χ4n) is 3.26. The number of carbonyl (C=O) groups is 2. The monoisotopic (exact) mass is 385 g/mol. The van der Waals surface area contributed by atoms with Gasteiger partial charge in [-0.15, -0.1) is 0 Å². The van der Waals surface area contributed by atoms with Gasteiger partial charge in [-0.25, -0.2) is 4.79 Å². The van der Waals surface area contributed by atoms with Gasteiger partial charge in [0.25, 0.3) is 0 Å². The number of furan rings is 1. The molecule has 0 saturated carbocycles. The van der Waals surface area contributed by atoms with Crippen molar-refractivity contribution < 1.29 is 18.7 Å². The predicted octanol–water partition coefficient (Wildman–Crippen LogP) is 2.92. The summed E-state index contributed by atoms with van der Waals surface area (Å²) in [6.07, 6.45) is 2.85. The van der Waals surface area contributed by atoms with Crippen LogP contribution < -0.4 is 15.4 Å². The highest BCUT2D eigenvalue weighted by Crippen LogP contribution is 2.31. The summed E-state index contributed by atoms with van der Waals surface area (Å²) in [6.45, 7) is 3.91. The normalized spacial score (nSPS) is 15.7. The molecule has 3 amide bonds. The summed E-state index contributed by atoms with van der Waals surface area (Å²) in [5.74, 6) is 1.53. The highest BCUT2D eigenvalue weighted by atomic mass is 16.5. The molecule has 1 aromatic carbocycles. The first-order chi connectivity index (χ1) is 13.5. The van der Waals surface area contributed by atoms with Gasteiger partial charge in [-0.2, -0.15) is 0 Å².